The number of carbonyl (C=O) groups is 1. The maximum atomic E-state index is 12.5. The summed E-state index contributed by atoms with van der Waals surface area (Å²) < 4.78 is 5.32. The summed E-state index contributed by atoms with van der Waals surface area (Å²) in [7, 11) is 1.70. The Morgan fingerprint density at radius 2 is 2.09 bits per heavy atom. The highest BCUT2D eigenvalue weighted by Crippen LogP contribution is 2.25. The lowest BCUT2D eigenvalue weighted by molar-refractivity contribution is -0.137. The molecule has 2 fully saturated rings. The van der Waals surface area contributed by atoms with Crippen LogP contribution in [-0.4, -0.2) is 62.1 Å². The van der Waals surface area contributed by atoms with E-state index in [4.69, 9.17) is 4.74 Å². The number of carbonyl (C=O) groups excluding carboxylic acids is 1. The molecule has 2 aliphatic heterocycles. The SMILES string of the molecule is COc1cccc(C(C)N2CCN(C(=O)C3CCNC3)CC2)c1. The Balaban J connectivity index is 1.56. The number of hydrogen-bond acceptors (Lipinski definition) is 4. The first kappa shape index (κ1) is 16.3. The molecule has 0 spiro atoms. The Hall–Kier alpha value is -1.59. The van der Waals surface area contributed by atoms with Crippen molar-refractivity contribution < 1.29 is 9.53 Å². The lowest BCUT2D eigenvalue weighted by atomic mass is 10.0. The highest BCUT2D eigenvalue weighted by Gasteiger charge is 2.30. The molecular formula is C18H27N3O2. The molecular weight excluding hydrogens is 290 g/mol. The minimum absolute atomic E-state index is 0.192. The van der Waals surface area contributed by atoms with Gasteiger partial charge < -0.3 is 15.0 Å². The molecule has 2 aliphatic rings. The summed E-state index contributed by atoms with van der Waals surface area (Å²) in [5.74, 6) is 1.43. The first-order valence-electron chi connectivity index (χ1n) is 8.56. The summed E-state index contributed by atoms with van der Waals surface area (Å²) in [4.78, 5) is 17.0. The van der Waals surface area contributed by atoms with Crippen LogP contribution >= 0.6 is 0 Å². The normalized spacial score (nSPS) is 23.7. The van der Waals surface area contributed by atoms with Crippen LogP contribution in [0.3, 0.4) is 0 Å². The predicted molar refractivity (Wildman–Crippen MR) is 90.5 cm³/mol. The van der Waals surface area contributed by atoms with Crippen LogP contribution in [0, 0.1) is 5.92 Å². The molecule has 0 saturated carbocycles. The molecule has 126 valence electrons. The molecule has 5 nitrogen and oxygen atoms in total. The first-order chi connectivity index (χ1) is 11.2. The Bertz CT molecular complexity index is 535. The van der Waals surface area contributed by atoms with Crippen LogP contribution in [0.4, 0.5) is 0 Å². The lowest BCUT2D eigenvalue weighted by Crippen LogP contribution is -2.51. The van der Waals surface area contributed by atoms with E-state index in [1.54, 1.807) is 7.11 Å². The van der Waals surface area contributed by atoms with Crippen molar-refractivity contribution in [1.82, 2.24) is 15.1 Å². The van der Waals surface area contributed by atoms with Crippen molar-refractivity contribution in [2.75, 3.05) is 46.4 Å². The number of piperazine rings is 1. The molecule has 23 heavy (non-hydrogen) atoms. The zero-order valence-electron chi connectivity index (χ0n) is 14.1. The monoisotopic (exact) mass is 317 g/mol. The van der Waals surface area contributed by atoms with E-state index in [1.807, 2.05) is 17.0 Å². The molecule has 0 radical (unpaired) electrons. The predicted octanol–water partition coefficient (Wildman–Crippen LogP) is 1.51. The number of ether oxygens (including phenoxy) is 1. The largest absolute Gasteiger partial charge is 0.497 e. The summed E-state index contributed by atoms with van der Waals surface area (Å²) in [6.07, 6.45) is 0.985. The van der Waals surface area contributed by atoms with Gasteiger partial charge in [0.05, 0.1) is 13.0 Å². The number of hydrogen-bond donors (Lipinski definition) is 1. The number of nitrogens with zero attached hydrogens (tertiary/aromatic N) is 2. The van der Waals surface area contributed by atoms with Crippen LogP contribution in [0.15, 0.2) is 24.3 Å². The average Bonchev–Trinajstić information content (AvgIpc) is 3.15. The van der Waals surface area contributed by atoms with Gasteiger partial charge >= 0.3 is 0 Å². The Morgan fingerprint density at radius 1 is 1.30 bits per heavy atom. The summed E-state index contributed by atoms with van der Waals surface area (Å²) >= 11 is 0. The molecule has 0 aliphatic carbocycles. The van der Waals surface area contributed by atoms with Gasteiger partial charge in [-0.15, -0.1) is 0 Å². The van der Waals surface area contributed by atoms with Crippen LogP contribution < -0.4 is 10.1 Å². The topological polar surface area (TPSA) is 44.8 Å². The fourth-order valence-corrected chi connectivity index (χ4v) is 3.57. The van der Waals surface area contributed by atoms with E-state index in [1.165, 1.54) is 5.56 Å². The Kier molecular flexibility index (Phi) is 5.18. The van der Waals surface area contributed by atoms with Crippen LogP contribution in [0.2, 0.25) is 0 Å². The van der Waals surface area contributed by atoms with Gasteiger partial charge in [-0.05, 0) is 37.6 Å². The molecule has 1 aromatic rings. The molecule has 5 heteroatoms. The fraction of sp³-hybridized carbons (Fsp3) is 0.611. The zero-order chi connectivity index (χ0) is 16.2. The first-order valence-corrected chi connectivity index (χ1v) is 8.56. The quantitative estimate of drug-likeness (QED) is 0.914. The molecule has 2 saturated heterocycles. The molecule has 0 aromatic heterocycles. The van der Waals surface area contributed by atoms with Crippen molar-refractivity contribution in [1.29, 1.82) is 0 Å². The Labute approximate surface area is 138 Å². The van der Waals surface area contributed by atoms with Gasteiger partial charge in [-0.1, -0.05) is 12.1 Å². The minimum Gasteiger partial charge on any atom is -0.497 e. The van der Waals surface area contributed by atoms with Crippen molar-refractivity contribution in [3.05, 3.63) is 29.8 Å². The number of rotatable bonds is 4. The second kappa shape index (κ2) is 7.32. The summed E-state index contributed by atoms with van der Waals surface area (Å²) in [6, 6.07) is 8.61. The summed E-state index contributed by atoms with van der Waals surface area (Å²) in [6.45, 7) is 7.59. The van der Waals surface area contributed by atoms with Crippen molar-refractivity contribution in [2.45, 2.75) is 19.4 Å². The molecule has 2 atom stereocenters. The van der Waals surface area contributed by atoms with E-state index in [0.29, 0.717) is 11.9 Å². The third-order valence-corrected chi connectivity index (χ3v) is 5.16. The third-order valence-electron chi connectivity index (χ3n) is 5.16. The van der Waals surface area contributed by atoms with E-state index in [2.05, 4.69) is 29.3 Å². The van der Waals surface area contributed by atoms with E-state index in [0.717, 1.165) is 51.4 Å². The van der Waals surface area contributed by atoms with Gasteiger partial charge in [-0.25, -0.2) is 0 Å². The number of amides is 1. The van der Waals surface area contributed by atoms with Gasteiger partial charge in [0.15, 0.2) is 0 Å². The molecule has 2 unspecified atom stereocenters. The second-order valence-electron chi connectivity index (χ2n) is 6.50. The highest BCUT2D eigenvalue weighted by atomic mass is 16.5. The van der Waals surface area contributed by atoms with Crippen molar-refractivity contribution in [3.63, 3.8) is 0 Å². The maximum Gasteiger partial charge on any atom is 0.227 e. The molecule has 1 aromatic carbocycles. The highest BCUT2D eigenvalue weighted by molar-refractivity contribution is 5.79. The van der Waals surface area contributed by atoms with E-state index in [9.17, 15) is 4.79 Å². The van der Waals surface area contributed by atoms with Gasteiger partial charge in [0, 0.05) is 38.8 Å². The Morgan fingerprint density at radius 3 is 2.74 bits per heavy atom. The molecule has 1 N–H and O–H groups in total. The number of nitrogens with one attached hydrogen (secondary N) is 1. The summed E-state index contributed by atoms with van der Waals surface area (Å²) in [5, 5.41) is 3.28. The van der Waals surface area contributed by atoms with E-state index in [-0.39, 0.29) is 5.92 Å². The molecule has 3 rings (SSSR count). The van der Waals surface area contributed by atoms with Gasteiger partial charge in [0.2, 0.25) is 5.91 Å². The number of methoxy groups -OCH3 is 1. The maximum absolute atomic E-state index is 12.5. The molecule has 1 amide bonds. The van der Waals surface area contributed by atoms with Crippen LogP contribution in [-0.2, 0) is 4.79 Å². The molecule has 0 bridgehead atoms. The van der Waals surface area contributed by atoms with Gasteiger partial charge in [-0.2, -0.15) is 0 Å². The van der Waals surface area contributed by atoms with Gasteiger partial charge in [0.1, 0.15) is 5.75 Å². The van der Waals surface area contributed by atoms with Crippen LogP contribution in [0.25, 0.3) is 0 Å². The van der Waals surface area contributed by atoms with E-state index < -0.39 is 0 Å². The average molecular weight is 317 g/mol. The molecule has 2 heterocycles. The van der Waals surface area contributed by atoms with Crippen LogP contribution in [0.5, 0.6) is 5.75 Å². The number of benzene rings is 1. The summed E-state index contributed by atoms with van der Waals surface area (Å²) in [5.41, 5.74) is 1.27. The van der Waals surface area contributed by atoms with Gasteiger partial charge in [0.25, 0.3) is 0 Å². The minimum atomic E-state index is 0.192. The third kappa shape index (κ3) is 3.67. The standard InChI is InChI=1S/C18H27N3O2/c1-14(15-4-3-5-17(12-15)23-2)20-8-10-21(11-9-20)18(22)16-6-7-19-13-16/h3-5,12,14,16,19H,6-11,13H2,1-2H3. The lowest BCUT2D eigenvalue weighted by Gasteiger charge is -2.39. The second-order valence-corrected chi connectivity index (χ2v) is 6.50. The van der Waals surface area contributed by atoms with E-state index >= 15 is 0 Å². The zero-order valence-corrected chi connectivity index (χ0v) is 14.1. The van der Waals surface area contributed by atoms with Crippen LogP contribution in [0.1, 0.15) is 24.9 Å². The van der Waals surface area contributed by atoms with Crippen molar-refractivity contribution in [2.24, 2.45) is 5.92 Å². The van der Waals surface area contributed by atoms with Crippen molar-refractivity contribution in [3.8, 4) is 5.75 Å². The fourth-order valence-electron chi connectivity index (χ4n) is 3.57. The van der Waals surface area contributed by atoms with Gasteiger partial charge in [-0.3, -0.25) is 9.69 Å². The van der Waals surface area contributed by atoms with Crippen molar-refractivity contribution >= 4 is 5.91 Å². The smallest absolute Gasteiger partial charge is 0.227 e.